The minimum absolute atomic E-state index is 0.869. The average Bonchev–Trinajstić information content (AvgIpc) is 2.50. The van der Waals surface area contributed by atoms with E-state index in [0.717, 1.165) is 29.5 Å². The number of hydrogen-bond donors (Lipinski definition) is 1. The molecule has 1 heterocycles. The molecule has 0 aliphatic rings. The van der Waals surface area contributed by atoms with Gasteiger partial charge in [-0.1, -0.05) is 47.1 Å². The Morgan fingerprint density at radius 2 is 2.00 bits per heavy atom. The van der Waals surface area contributed by atoms with Crippen LogP contribution in [0.5, 0.6) is 0 Å². The first-order valence-corrected chi connectivity index (χ1v) is 7.67. The second kappa shape index (κ2) is 7.98. The molecule has 0 spiro atoms. The molecule has 0 bridgehead atoms. The Morgan fingerprint density at radius 1 is 1.20 bits per heavy atom. The van der Waals surface area contributed by atoms with Crippen molar-refractivity contribution in [1.29, 1.82) is 0 Å². The van der Waals surface area contributed by atoms with Crippen molar-refractivity contribution in [3.63, 3.8) is 0 Å². The molecule has 2 aromatic rings. The quantitative estimate of drug-likeness (QED) is 0.800. The Labute approximate surface area is 129 Å². The third kappa shape index (κ3) is 4.29. The molecule has 0 atom stereocenters. The maximum absolute atomic E-state index is 4.22. The summed E-state index contributed by atoms with van der Waals surface area (Å²) in [5.41, 5.74) is 3.57. The van der Waals surface area contributed by atoms with Crippen molar-refractivity contribution in [3.05, 3.63) is 70.5 Å². The summed E-state index contributed by atoms with van der Waals surface area (Å²) in [5.74, 6) is 0. The fourth-order valence-electron chi connectivity index (χ4n) is 2.01. The molecule has 0 saturated heterocycles. The topological polar surface area (TPSA) is 24.9 Å². The molecule has 2 rings (SSSR count). The van der Waals surface area contributed by atoms with Crippen LogP contribution in [0.25, 0.3) is 5.57 Å². The standard InChI is InChI=1S/C17H19BrN2/c1-2-10-19-12-9-17(15-4-3-11-20-13-15)14-5-7-16(18)8-6-14/h3-9,11,13,19H,2,10,12H2,1H3/b17-9-. The summed E-state index contributed by atoms with van der Waals surface area (Å²) in [5, 5.41) is 3.41. The Bertz CT molecular complexity index is 547. The number of aromatic nitrogens is 1. The molecule has 2 nitrogen and oxygen atoms in total. The smallest absolute Gasteiger partial charge is 0.0346 e. The number of pyridine rings is 1. The van der Waals surface area contributed by atoms with E-state index in [1.165, 1.54) is 11.1 Å². The van der Waals surface area contributed by atoms with Crippen molar-refractivity contribution in [1.82, 2.24) is 10.3 Å². The Balaban J connectivity index is 2.27. The highest BCUT2D eigenvalue weighted by atomic mass is 79.9. The van der Waals surface area contributed by atoms with Gasteiger partial charge in [0.1, 0.15) is 0 Å². The predicted octanol–water partition coefficient (Wildman–Crippen LogP) is 4.28. The maximum Gasteiger partial charge on any atom is 0.0346 e. The van der Waals surface area contributed by atoms with E-state index in [9.17, 15) is 0 Å². The third-order valence-corrected chi connectivity index (χ3v) is 3.53. The zero-order valence-corrected chi connectivity index (χ0v) is 13.2. The van der Waals surface area contributed by atoms with Crippen molar-refractivity contribution in [3.8, 4) is 0 Å². The van der Waals surface area contributed by atoms with E-state index >= 15 is 0 Å². The number of rotatable bonds is 6. The molecule has 1 aromatic carbocycles. The van der Waals surface area contributed by atoms with Crippen LogP contribution in [0.15, 0.2) is 59.3 Å². The largest absolute Gasteiger partial charge is 0.313 e. The first-order chi connectivity index (χ1) is 9.81. The van der Waals surface area contributed by atoms with Gasteiger partial charge in [0.2, 0.25) is 0 Å². The van der Waals surface area contributed by atoms with E-state index < -0.39 is 0 Å². The molecule has 0 aliphatic carbocycles. The lowest BCUT2D eigenvalue weighted by molar-refractivity contribution is 0.729. The highest BCUT2D eigenvalue weighted by Gasteiger charge is 2.04. The van der Waals surface area contributed by atoms with Gasteiger partial charge in [0.25, 0.3) is 0 Å². The van der Waals surface area contributed by atoms with Crippen molar-refractivity contribution < 1.29 is 0 Å². The molecule has 0 fully saturated rings. The zero-order chi connectivity index (χ0) is 14.2. The summed E-state index contributed by atoms with van der Waals surface area (Å²) in [4.78, 5) is 4.22. The van der Waals surface area contributed by atoms with Gasteiger partial charge in [0.05, 0.1) is 0 Å². The van der Waals surface area contributed by atoms with Gasteiger partial charge in [-0.05, 0) is 42.3 Å². The minimum Gasteiger partial charge on any atom is -0.313 e. The number of benzene rings is 1. The SMILES string of the molecule is CCCNC/C=C(/c1ccc(Br)cc1)c1cccnc1. The summed E-state index contributed by atoms with van der Waals surface area (Å²) in [6, 6.07) is 12.5. The molecular formula is C17H19BrN2. The summed E-state index contributed by atoms with van der Waals surface area (Å²) in [7, 11) is 0. The summed E-state index contributed by atoms with van der Waals surface area (Å²) in [6.07, 6.45) is 7.09. The summed E-state index contributed by atoms with van der Waals surface area (Å²) >= 11 is 3.48. The minimum atomic E-state index is 0.869. The van der Waals surface area contributed by atoms with E-state index in [-0.39, 0.29) is 0 Å². The van der Waals surface area contributed by atoms with Crippen LogP contribution in [0, 0.1) is 0 Å². The van der Waals surface area contributed by atoms with Crippen LogP contribution in [0.1, 0.15) is 24.5 Å². The third-order valence-electron chi connectivity index (χ3n) is 3.01. The van der Waals surface area contributed by atoms with Gasteiger partial charge in [-0.2, -0.15) is 0 Å². The van der Waals surface area contributed by atoms with Gasteiger partial charge < -0.3 is 5.32 Å². The van der Waals surface area contributed by atoms with Crippen LogP contribution in [0.2, 0.25) is 0 Å². The van der Waals surface area contributed by atoms with Crippen molar-refractivity contribution in [2.24, 2.45) is 0 Å². The zero-order valence-electron chi connectivity index (χ0n) is 11.6. The van der Waals surface area contributed by atoms with Gasteiger partial charge in [-0.25, -0.2) is 0 Å². The van der Waals surface area contributed by atoms with E-state index in [2.05, 4.69) is 69.6 Å². The molecule has 0 amide bonds. The molecule has 0 aliphatic heterocycles. The van der Waals surface area contributed by atoms with Crippen molar-refractivity contribution in [2.75, 3.05) is 13.1 Å². The van der Waals surface area contributed by atoms with E-state index in [1.807, 2.05) is 12.3 Å². The first kappa shape index (κ1) is 14.9. The lowest BCUT2D eigenvalue weighted by Gasteiger charge is -2.09. The second-order valence-electron chi connectivity index (χ2n) is 4.57. The summed E-state index contributed by atoms with van der Waals surface area (Å²) < 4.78 is 1.09. The van der Waals surface area contributed by atoms with Crippen molar-refractivity contribution >= 4 is 21.5 Å². The fourth-order valence-corrected chi connectivity index (χ4v) is 2.27. The lowest BCUT2D eigenvalue weighted by atomic mass is 9.99. The van der Waals surface area contributed by atoms with E-state index in [0.29, 0.717) is 0 Å². The average molecular weight is 331 g/mol. The molecule has 104 valence electrons. The van der Waals surface area contributed by atoms with Crippen LogP contribution >= 0.6 is 15.9 Å². The molecular weight excluding hydrogens is 312 g/mol. The van der Waals surface area contributed by atoms with Gasteiger partial charge >= 0.3 is 0 Å². The van der Waals surface area contributed by atoms with Crippen LogP contribution < -0.4 is 5.32 Å². The molecule has 0 radical (unpaired) electrons. The van der Waals surface area contributed by atoms with E-state index in [4.69, 9.17) is 0 Å². The molecule has 1 N–H and O–H groups in total. The van der Waals surface area contributed by atoms with Crippen LogP contribution in [0.4, 0.5) is 0 Å². The molecule has 0 saturated carbocycles. The number of hydrogen-bond acceptors (Lipinski definition) is 2. The number of nitrogens with one attached hydrogen (secondary N) is 1. The highest BCUT2D eigenvalue weighted by molar-refractivity contribution is 9.10. The van der Waals surface area contributed by atoms with Gasteiger partial charge in [-0.15, -0.1) is 0 Å². The van der Waals surface area contributed by atoms with Gasteiger partial charge in [-0.3, -0.25) is 4.98 Å². The predicted molar refractivity (Wildman–Crippen MR) is 88.6 cm³/mol. The second-order valence-corrected chi connectivity index (χ2v) is 5.49. The maximum atomic E-state index is 4.22. The normalized spacial score (nSPS) is 11.6. The fraction of sp³-hybridized carbons (Fsp3) is 0.235. The monoisotopic (exact) mass is 330 g/mol. The van der Waals surface area contributed by atoms with Crippen molar-refractivity contribution in [2.45, 2.75) is 13.3 Å². The first-order valence-electron chi connectivity index (χ1n) is 6.88. The Morgan fingerprint density at radius 3 is 2.65 bits per heavy atom. The lowest BCUT2D eigenvalue weighted by Crippen LogP contribution is -2.14. The van der Waals surface area contributed by atoms with Crippen LogP contribution in [-0.2, 0) is 0 Å². The Hall–Kier alpha value is -1.45. The van der Waals surface area contributed by atoms with Gasteiger partial charge in [0, 0.05) is 29.0 Å². The number of nitrogens with zero attached hydrogens (tertiary/aromatic N) is 1. The Kier molecular flexibility index (Phi) is 5.96. The molecule has 0 unspecified atom stereocenters. The molecule has 1 aromatic heterocycles. The van der Waals surface area contributed by atoms with Crippen LogP contribution in [0.3, 0.4) is 0 Å². The van der Waals surface area contributed by atoms with E-state index in [1.54, 1.807) is 6.20 Å². The summed E-state index contributed by atoms with van der Waals surface area (Å²) in [6.45, 7) is 4.08. The van der Waals surface area contributed by atoms with Gasteiger partial charge in [0.15, 0.2) is 0 Å². The highest BCUT2D eigenvalue weighted by Crippen LogP contribution is 2.24. The van der Waals surface area contributed by atoms with Crippen LogP contribution in [-0.4, -0.2) is 18.1 Å². The number of halogens is 1. The molecule has 3 heteroatoms. The molecule has 20 heavy (non-hydrogen) atoms.